The van der Waals surface area contributed by atoms with Crippen LogP contribution in [0.4, 0.5) is 5.69 Å². The molecule has 0 saturated heterocycles. The van der Waals surface area contributed by atoms with Gasteiger partial charge in [-0.05, 0) is 56.2 Å². The number of nitrogens with zero attached hydrogens (tertiary/aromatic N) is 2. The van der Waals surface area contributed by atoms with Crippen molar-refractivity contribution in [2.45, 2.75) is 44.7 Å². The fourth-order valence-corrected chi connectivity index (χ4v) is 6.22. The minimum Gasteiger partial charge on any atom is -0.357 e. The Morgan fingerprint density at radius 2 is 1.33 bits per heavy atom. The Hall–Kier alpha value is -4.43. The number of hydrogen-bond acceptors (Lipinski definition) is 4. The van der Waals surface area contributed by atoms with Crippen molar-refractivity contribution in [1.82, 2.24) is 10.2 Å². The standard InChI is InChI=1S/C34H37N3O4S/c1-25-13-17-30(18-14-25)37(42(40,41)31-19-15-26(2)16-20-31)24-33(38)36(23-29-12-8-9-27(3)21-29)32(34(39)35-4)22-28-10-6-5-7-11-28/h5-21,32H,22-24H2,1-4H3,(H,35,39)/t32-/m1/s1. The van der Waals surface area contributed by atoms with Gasteiger partial charge in [-0.1, -0.05) is 95.6 Å². The molecule has 4 rings (SSSR count). The minimum absolute atomic E-state index is 0.0823. The highest BCUT2D eigenvalue weighted by Gasteiger charge is 2.34. The lowest BCUT2D eigenvalue weighted by Crippen LogP contribution is -2.53. The summed E-state index contributed by atoms with van der Waals surface area (Å²) in [4.78, 5) is 29.2. The molecule has 42 heavy (non-hydrogen) atoms. The summed E-state index contributed by atoms with van der Waals surface area (Å²) in [5.41, 5.74) is 4.99. The van der Waals surface area contributed by atoms with Gasteiger partial charge in [0.25, 0.3) is 10.0 Å². The summed E-state index contributed by atoms with van der Waals surface area (Å²) in [6.45, 7) is 5.41. The summed E-state index contributed by atoms with van der Waals surface area (Å²) >= 11 is 0. The van der Waals surface area contributed by atoms with E-state index in [0.717, 1.165) is 32.1 Å². The van der Waals surface area contributed by atoms with Crippen LogP contribution in [0.1, 0.15) is 27.8 Å². The summed E-state index contributed by atoms with van der Waals surface area (Å²) in [5.74, 6) is -0.819. The normalized spacial score (nSPS) is 11.9. The Labute approximate surface area is 248 Å². The summed E-state index contributed by atoms with van der Waals surface area (Å²) in [7, 11) is -2.58. The van der Waals surface area contributed by atoms with E-state index >= 15 is 0 Å². The maximum atomic E-state index is 14.3. The Bertz CT molecular complexity index is 1620. The summed E-state index contributed by atoms with van der Waals surface area (Å²) in [6.07, 6.45) is 0.271. The van der Waals surface area contributed by atoms with Gasteiger partial charge in [-0.25, -0.2) is 8.42 Å². The number of benzene rings is 4. The Morgan fingerprint density at radius 3 is 1.93 bits per heavy atom. The smallest absolute Gasteiger partial charge is 0.264 e. The van der Waals surface area contributed by atoms with E-state index in [2.05, 4.69) is 5.32 Å². The first-order valence-corrected chi connectivity index (χ1v) is 15.3. The molecule has 1 N–H and O–H groups in total. The van der Waals surface area contributed by atoms with Crippen molar-refractivity contribution in [2.24, 2.45) is 0 Å². The number of amides is 2. The first-order valence-electron chi connectivity index (χ1n) is 13.8. The molecule has 4 aromatic carbocycles. The number of nitrogens with one attached hydrogen (secondary N) is 1. The molecule has 8 heteroatoms. The van der Waals surface area contributed by atoms with Gasteiger partial charge >= 0.3 is 0 Å². The van der Waals surface area contributed by atoms with Crippen LogP contribution >= 0.6 is 0 Å². The summed E-state index contributed by atoms with van der Waals surface area (Å²) in [6, 6.07) is 29.9. The zero-order valence-electron chi connectivity index (χ0n) is 24.4. The van der Waals surface area contributed by atoms with Crippen LogP contribution in [-0.2, 0) is 32.6 Å². The van der Waals surface area contributed by atoms with E-state index in [1.54, 1.807) is 36.4 Å². The molecule has 0 spiro atoms. The van der Waals surface area contributed by atoms with Crippen LogP contribution in [0.15, 0.2) is 108 Å². The van der Waals surface area contributed by atoms with Gasteiger partial charge in [0.05, 0.1) is 10.6 Å². The quantitative estimate of drug-likeness (QED) is 0.263. The largest absolute Gasteiger partial charge is 0.357 e. The Balaban J connectivity index is 1.78. The number of carbonyl (C=O) groups is 2. The molecule has 0 radical (unpaired) electrons. The minimum atomic E-state index is -4.12. The van der Waals surface area contributed by atoms with Crippen molar-refractivity contribution in [3.8, 4) is 0 Å². The molecular formula is C34H37N3O4S. The van der Waals surface area contributed by atoms with Crippen molar-refractivity contribution < 1.29 is 18.0 Å². The predicted molar refractivity (Wildman–Crippen MR) is 167 cm³/mol. The molecule has 1 atom stereocenters. The molecule has 0 saturated carbocycles. The van der Waals surface area contributed by atoms with Gasteiger partial charge in [-0.15, -0.1) is 0 Å². The zero-order valence-corrected chi connectivity index (χ0v) is 25.3. The van der Waals surface area contributed by atoms with Gasteiger partial charge in [0.2, 0.25) is 11.8 Å². The Morgan fingerprint density at radius 1 is 0.738 bits per heavy atom. The van der Waals surface area contributed by atoms with Crippen molar-refractivity contribution in [2.75, 3.05) is 17.9 Å². The molecule has 4 aromatic rings. The number of carbonyl (C=O) groups excluding carboxylic acids is 2. The fraction of sp³-hybridized carbons (Fsp3) is 0.235. The number of hydrogen-bond donors (Lipinski definition) is 1. The lowest BCUT2D eigenvalue weighted by atomic mass is 10.0. The number of anilines is 1. The topological polar surface area (TPSA) is 86.8 Å². The van der Waals surface area contributed by atoms with Crippen molar-refractivity contribution in [3.63, 3.8) is 0 Å². The molecule has 2 amide bonds. The van der Waals surface area contributed by atoms with Crippen LogP contribution < -0.4 is 9.62 Å². The van der Waals surface area contributed by atoms with Gasteiger partial charge in [0.1, 0.15) is 12.6 Å². The van der Waals surface area contributed by atoms with E-state index < -0.39 is 28.5 Å². The Kier molecular flexibility index (Phi) is 9.80. The molecular weight excluding hydrogens is 546 g/mol. The molecule has 218 valence electrons. The SMILES string of the molecule is CNC(=O)[C@@H](Cc1ccccc1)N(Cc1cccc(C)c1)C(=O)CN(c1ccc(C)cc1)S(=O)(=O)c1ccc(C)cc1. The lowest BCUT2D eigenvalue weighted by molar-refractivity contribution is -0.139. The third-order valence-corrected chi connectivity index (χ3v) is 8.95. The van der Waals surface area contributed by atoms with Gasteiger partial charge in [-0.3, -0.25) is 13.9 Å². The van der Waals surface area contributed by atoms with Crippen molar-refractivity contribution >= 4 is 27.5 Å². The molecule has 0 aromatic heterocycles. The number of rotatable bonds is 11. The fourth-order valence-electron chi connectivity index (χ4n) is 4.80. The molecule has 0 heterocycles. The maximum Gasteiger partial charge on any atom is 0.264 e. The second kappa shape index (κ2) is 13.5. The van der Waals surface area contributed by atoms with E-state index in [9.17, 15) is 18.0 Å². The number of sulfonamides is 1. The van der Waals surface area contributed by atoms with Gasteiger partial charge in [0, 0.05) is 20.0 Å². The zero-order chi connectivity index (χ0) is 30.3. The monoisotopic (exact) mass is 583 g/mol. The highest BCUT2D eigenvalue weighted by molar-refractivity contribution is 7.92. The highest BCUT2D eigenvalue weighted by atomic mass is 32.2. The first kappa shape index (κ1) is 30.5. The van der Waals surface area contributed by atoms with E-state index in [1.807, 2.05) is 87.5 Å². The van der Waals surface area contributed by atoms with E-state index in [4.69, 9.17) is 0 Å². The van der Waals surface area contributed by atoms with Crippen molar-refractivity contribution in [1.29, 1.82) is 0 Å². The molecule has 7 nitrogen and oxygen atoms in total. The van der Waals surface area contributed by atoms with Crippen LogP contribution in [-0.4, -0.2) is 44.8 Å². The van der Waals surface area contributed by atoms with Crippen LogP contribution in [0.3, 0.4) is 0 Å². The van der Waals surface area contributed by atoms with E-state index in [1.165, 1.54) is 11.9 Å². The number of likely N-dealkylation sites (N-methyl/N-ethyl adjacent to an activating group) is 1. The third-order valence-electron chi connectivity index (χ3n) is 7.16. The highest BCUT2D eigenvalue weighted by Crippen LogP contribution is 2.26. The van der Waals surface area contributed by atoms with E-state index in [-0.39, 0.29) is 23.8 Å². The molecule has 0 fully saturated rings. The van der Waals surface area contributed by atoms with Gasteiger partial charge in [-0.2, -0.15) is 0 Å². The molecule has 0 aliphatic heterocycles. The van der Waals surface area contributed by atoms with Crippen LogP contribution in [0, 0.1) is 20.8 Å². The molecule has 0 bridgehead atoms. The summed E-state index contributed by atoms with van der Waals surface area (Å²) in [5, 5.41) is 2.71. The van der Waals surface area contributed by atoms with Crippen LogP contribution in [0.2, 0.25) is 0 Å². The third kappa shape index (κ3) is 7.44. The predicted octanol–water partition coefficient (Wildman–Crippen LogP) is 5.19. The van der Waals surface area contributed by atoms with Crippen LogP contribution in [0.5, 0.6) is 0 Å². The van der Waals surface area contributed by atoms with Crippen molar-refractivity contribution in [3.05, 3.63) is 131 Å². The summed E-state index contributed by atoms with van der Waals surface area (Å²) < 4.78 is 29.2. The average Bonchev–Trinajstić information content (AvgIpc) is 2.98. The molecule has 0 aliphatic carbocycles. The second-order valence-electron chi connectivity index (χ2n) is 10.5. The van der Waals surface area contributed by atoms with Crippen LogP contribution in [0.25, 0.3) is 0 Å². The maximum absolute atomic E-state index is 14.3. The number of aryl methyl sites for hydroxylation is 3. The molecule has 0 unspecified atom stereocenters. The lowest BCUT2D eigenvalue weighted by Gasteiger charge is -2.33. The average molecular weight is 584 g/mol. The first-order chi connectivity index (χ1) is 20.1. The van der Waals surface area contributed by atoms with E-state index in [0.29, 0.717) is 5.69 Å². The van der Waals surface area contributed by atoms with Gasteiger partial charge in [0.15, 0.2) is 0 Å². The second-order valence-corrected chi connectivity index (χ2v) is 12.4. The molecule has 0 aliphatic rings. The van der Waals surface area contributed by atoms with Gasteiger partial charge < -0.3 is 10.2 Å².